The van der Waals surface area contributed by atoms with E-state index < -0.39 is 5.97 Å². The number of carboxylic acid groups (broad SMARTS) is 1. The third-order valence-electron chi connectivity index (χ3n) is 1.75. The Morgan fingerprint density at radius 3 is 2.71 bits per heavy atom. The van der Waals surface area contributed by atoms with Gasteiger partial charge in [-0.1, -0.05) is 6.08 Å². The van der Waals surface area contributed by atoms with Crippen LogP contribution in [0, 0.1) is 0 Å². The molecule has 0 bridgehead atoms. The molecule has 14 heavy (non-hydrogen) atoms. The maximum absolute atomic E-state index is 11.1. The number of carboxylic acids is 1. The molecule has 0 heterocycles. The molecule has 1 saturated carbocycles. The van der Waals surface area contributed by atoms with Crippen molar-refractivity contribution in [2.75, 3.05) is 13.1 Å². The summed E-state index contributed by atoms with van der Waals surface area (Å²) >= 11 is 0. The zero-order valence-electron chi connectivity index (χ0n) is 7.82. The molecule has 0 aromatic carbocycles. The summed E-state index contributed by atoms with van der Waals surface area (Å²) in [5.74, 6) is -1.01. The second-order valence-corrected chi connectivity index (χ2v) is 3.21. The summed E-state index contributed by atoms with van der Waals surface area (Å²) in [5, 5.41) is 13.9. The monoisotopic (exact) mass is 198 g/mol. The van der Waals surface area contributed by atoms with Crippen LogP contribution in [0.15, 0.2) is 12.2 Å². The van der Waals surface area contributed by atoms with Crippen LogP contribution in [-0.2, 0) is 9.59 Å². The van der Waals surface area contributed by atoms with E-state index in [1.54, 1.807) is 0 Å². The van der Waals surface area contributed by atoms with Gasteiger partial charge < -0.3 is 15.7 Å². The maximum atomic E-state index is 11.1. The van der Waals surface area contributed by atoms with E-state index in [1.807, 2.05) is 0 Å². The molecule has 1 aliphatic carbocycles. The van der Waals surface area contributed by atoms with Crippen molar-refractivity contribution in [3.05, 3.63) is 12.2 Å². The number of amides is 1. The van der Waals surface area contributed by atoms with Crippen molar-refractivity contribution in [2.45, 2.75) is 18.9 Å². The average molecular weight is 198 g/mol. The summed E-state index contributed by atoms with van der Waals surface area (Å²) in [6, 6.07) is 0.374. The molecule has 1 fully saturated rings. The van der Waals surface area contributed by atoms with E-state index in [-0.39, 0.29) is 12.5 Å². The van der Waals surface area contributed by atoms with E-state index in [9.17, 15) is 9.59 Å². The van der Waals surface area contributed by atoms with Crippen LogP contribution in [0.4, 0.5) is 0 Å². The van der Waals surface area contributed by atoms with Crippen LogP contribution in [-0.4, -0.2) is 36.1 Å². The van der Waals surface area contributed by atoms with Crippen molar-refractivity contribution >= 4 is 11.9 Å². The highest BCUT2D eigenvalue weighted by atomic mass is 16.4. The molecule has 5 heteroatoms. The molecular formula is C9H14N2O3. The third-order valence-corrected chi connectivity index (χ3v) is 1.75. The van der Waals surface area contributed by atoms with Crippen LogP contribution >= 0.6 is 0 Å². The molecule has 0 aromatic heterocycles. The first-order valence-corrected chi connectivity index (χ1v) is 4.58. The van der Waals surface area contributed by atoms with Gasteiger partial charge in [-0.05, 0) is 12.8 Å². The van der Waals surface area contributed by atoms with Crippen molar-refractivity contribution < 1.29 is 14.7 Å². The summed E-state index contributed by atoms with van der Waals surface area (Å²) in [5.41, 5.74) is 0. The Hall–Kier alpha value is -1.36. The van der Waals surface area contributed by atoms with E-state index >= 15 is 0 Å². The lowest BCUT2D eigenvalue weighted by Gasteiger charge is -2.02. The first-order chi connectivity index (χ1) is 6.68. The van der Waals surface area contributed by atoms with Gasteiger partial charge in [0.15, 0.2) is 0 Å². The van der Waals surface area contributed by atoms with Crippen molar-refractivity contribution in [3.63, 3.8) is 0 Å². The minimum Gasteiger partial charge on any atom is -0.478 e. The van der Waals surface area contributed by atoms with Gasteiger partial charge in [0, 0.05) is 18.7 Å². The number of aliphatic carboxylic acids is 1. The van der Waals surface area contributed by atoms with Crippen molar-refractivity contribution in [3.8, 4) is 0 Å². The molecule has 0 aliphatic heterocycles. The predicted molar refractivity (Wildman–Crippen MR) is 50.8 cm³/mol. The van der Waals surface area contributed by atoms with Crippen LogP contribution in [0.1, 0.15) is 12.8 Å². The van der Waals surface area contributed by atoms with Crippen molar-refractivity contribution in [2.24, 2.45) is 0 Å². The summed E-state index contributed by atoms with van der Waals surface area (Å²) in [6.07, 6.45) is 4.66. The van der Waals surface area contributed by atoms with Gasteiger partial charge in [-0.15, -0.1) is 0 Å². The fourth-order valence-corrected chi connectivity index (χ4v) is 0.935. The van der Waals surface area contributed by atoms with Gasteiger partial charge in [-0.2, -0.15) is 0 Å². The van der Waals surface area contributed by atoms with Crippen LogP contribution in [0.5, 0.6) is 0 Å². The lowest BCUT2D eigenvalue weighted by molar-refractivity contribution is -0.131. The first kappa shape index (κ1) is 10.7. The third kappa shape index (κ3) is 5.31. The number of carbonyl (C=O) groups is 2. The molecule has 1 rings (SSSR count). The fraction of sp³-hybridized carbons (Fsp3) is 0.556. The highest BCUT2D eigenvalue weighted by molar-refractivity contribution is 5.80. The van der Waals surface area contributed by atoms with Crippen LogP contribution in [0.2, 0.25) is 0 Å². The standard InChI is InChI=1S/C9H14N2O3/c12-8(11-7-3-4-7)6-10-5-1-2-9(13)14/h1-2,7,10H,3-6H2,(H,11,12)(H,13,14)/b2-1+. The fourth-order valence-electron chi connectivity index (χ4n) is 0.935. The highest BCUT2D eigenvalue weighted by Gasteiger charge is 2.22. The second-order valence-electron chi connectivity index (χ2n) is 3.21. The lowest BCUT2D eigenvalue weighted by Crippen LogP contribution is -2.35. The molecule has 0 spiro atoms. The van der Waals surface area contributed by atoms with Crippen LogP contribution in [0.25, 0.3) is 0 Å². The van der Waals surface area contributed by atoms with E-state index in [0.29, 0.717) is 12.6 Å². The van der Waals surface area contributed by atoms with E-state index in [2.05, 4.69) is 10.6 Å². The van der Waals surface area contributed by atoms with Gasteiger partial charge in [-0.3, -0.25) is 4.79 Å². The molecule has 0 atom stereocenters. The first-order valence-electron chi connectivity index (χ1n) is 4.58. The SMILES string of the molecule is O=C(O)/C=C/CNCC(=O)NC1CC1. The zero-order valence-corrected chi connectivity index (χ0v) is 7.82. The second kappa shape index (κ2) is 5.39. The van der Waals surface area contributed by atoms with E-state index in [0.717, 1.165) is 18.9 Å². The molecule has 78 valence electrons. The van der Waals surface area contributed by atoms with Crippen molar-refractivity contribution in [1.82, 2.24) is 10.6 Å². The van der Waals surface area contributed by atoms with Gasteiger partial charge in [-0.25, -0.2) is 4.79 Å². The van der Waals surface area contributed by atoms with Crippen LogP contribution in [0.3, 0.4) is 0 Å². The number of rotatable bonds is 6. The van der Waals surface area contributed by atoms with Gasteiger partial charge in [0.2, 0.25) is 5.91 Å². The Bertz CT molecular complexity index is 246. The Morgan fingerprint density at radius 2 is 2.14 bits per heavy atom. The van der Waals surface area contributed by atoms with Gasteiger partial charge >= 0.3 is 5.97 Å². The highest BCUT2D eigenvalue weighted by Crippen LogP contribution is 2.17. The minimum absolute atomic E-state index is 0.0313. The molecule has 0 aromatic rings. The largest absolute Gasteiger partial charge is 0.478 e. The van der Waals surface area contributed by atoms with Gasteiger partial charge in [0.1, 0.15) is 0 Å². The van der Waals surface area contributed by atoms with Gasteiger partial charge in [0.05, 0.1) is 6.54 Å². The molecule has 0 saturated heterocycles. The molecule has 0 unspecified atom stereocenters. The Balaban J connectivity index is 1.96. The lowest BCUT2D eigenvalue weighted by atomic mass is 10.4. The molecule has 5 nitrogen and oxygen atoms in total. The van der Waals surface area contributed by atoms with E-state index in [1.165, 1.54) is 6.08 Å². The topological polar surface area (TPSA) is 78.4 Å². The van der Waals surface area contributed by atoms with E-state index in [4.69, 9.17) is 5.11 Å². The summed E-state index contributed by atoms with van der Waals surface area (Å²) < 4.78 is 0. The number of hydrogen-bond donors (Lipinski definition) is 3. The quantitative estimate of drug-likeness (QED) is 0.397. The summed E-state index contributed by atoms with van der Waals surface area (Å²) in [4.78, 5) is 21.1. The molecular weight excluding hydrogens is 184 g/mol. The Kier molecular flexibility index (Phi) is 4.12. The Morgan fingerprint density at radius 1 is 1.43 bits per heavy atom. The average Bonchev–Trinajstić information content (AvgIpc) is 2.87. The molecule has 3 N–H and O–H groups in total. The summed E-state index contributed by atoms with van der Waals surface area (Å²) in [7, 11) is 0. The number of carbonyl (C=O) groups excluding carboxylic acids is 1. The maximum Gasteiger partial charge on any atom is 0.328 e. The normalized spacial score (nSPS) is 15.7. The van der Waals surface area contributed by atoms with Crippen molar-refractivity contribution in [1.29, 1.82) is 0 Å². The number of hydrogen-bond acceptors (Lipinski definition) is 3. The predicted octanol–water partition coefficient (Wildman–Crippen LogP) is -0.505. The minimum atomic E-state index is -0.978. The number of nitrogens with one attached hydrogen (secondary N) is 2. The molecule has 1 amide bonds. The van der Waals surface area contributed by atoms with Gasteiger partial charge in [0.25, 0.3) is 0 Å². The summed E-state index contributed by atoms with van der Waals surface area (Å²) in [6.45, 7) is 0.630. The molecule has 1 aliphatic rings. The molecule has 0 radical (unpaired) electrons. The smallest absolute Gasteiger partial charge is 0.328 e. The van der Waals surface area contributed by atoms with Crippen LogP contribution < -0.4 is 10.6 Å². The Labute approximate surface area is 82.2 Å². The zero-order chi connectivity index (χ0) is 10.4.